The lowest BCUT2D eigenvalue weighted by Gasteiger charge is -2.20. The predicted octanol–water partition coefficient (Wildman–Crippen LogP) is 2.42. The molecule has 0 heterocycles. The molecule has 9 heteroatoms. The molecule has 0 radical (unpaired) electrons. The molecule has 0 unspecified atom stereocenters. The zero-order valence-electron chi connectivity index (χ0n) is 14.9. The van der Waals surface area contributed by atoms with Gasteiger partial charge >= 0.3 is 0 Å². The average Bonchev–Trinajstić information content (AvgIpc) is 2.60. The van der Waals surface area contributed by atoms with Crippen molar-refractivity contribution in [2.75, 3.05) is 31.8 Å². The Bertz CT molecular complexity index is 919. The number of nitrogens with zero attached hydrogens (tertiary/aromatic N) is 1. The van der Waals surface area contributed by atoms with Gasteiger partial charge < -0.3 is 10.1 Å². The number of rotatable bonds is 8. The van der Waals surface area contributed by atoms with E-state index in [1.54, 1.807) is 24.3 Å². The van der Waals surface area contributed by atoms with E-state index in [0.717, 1.165) is 28.3 Å². The lowest BCUT2D eigenvalue weighted by atomic mass is 10.1. The summed E-state index contributed by atoms with van der Waals surface area (Å²) in [5.74, 6) is -1.84. The van der Waals surface area contributed by atoms with Crippen molar-refractivity contribution in [3.8, 4) is 5.75 Å². The van der Waals surface area contributed by atoms with Crippen LogP contribution in [0.15, 0.2) is 42.5 Å². The molecule has 27 heavy (non-hydrogen) atoms. The standard InChI is InChI=1S/C18H20F2N2O4S/c1-26-17-6-4-3-5-13(17)9-10-22(27(2,24)25)12-18(23)21-16-8-7-14(19)11-15(16)20/h3-8,11H,9-10,12H2,1-2H3,(H,21,23). The van der Waals surface area contributed by atoms with E-state index < -0.39 is 34.1 Å². The van der Waals surface area contributed by atoms with E-state index in [1.165, 1.54) is 7.11 Å². The second-order valence-electron chi connectivity index (χ2n) is 5.83. The van der Waals surface area contributed by atoms with Crippen molar-refractivity contribution < 1.29 is 26.7 Å². The van der Waals surface area contributed by atoms with E-state index in [9.17, 15) is 22.0 Å². The van der Waals surface area contributed by atoms with Gasteiger partial charge in [-0.2, -0.15) is 4.31 Å². The van der Waals surface area contributed by atoms with Gasteiger partial charge in [0, 0.05) is 12.6 Å². The first-order valence-corrected chi connectivity index (χ1v) is 9.87. The molecular weight excluding hydrogens is 378 g/mol. The Kier molecular flexibility index (Phi) is 6.86. The summed E-state index contributed by atoms with van der Waals surface area (Å²) in [5, 5.41) is 2.25. The van der Waals surface area contributed by atoms with Crippen LogP contribution in [-0.4, -0.2) is 45.1 Å². The maximum atomic E-state index is 13.6. The quantitative estimate of drug-likeness (QED) is 0.741. The number of carbonyl (C=O) groups excluding carboxylic acids is 1. The van der Waals surface area contributed by atoms with Gasteiger partial charge in [0.2, 0.25) is 15.9 Å². The van der Waals surface area contributed by atoms with E-state index in [4.69, 9.17) is 4.74 Å². The molecule has 0 aliphatic rings. The zero-order valence-corrected chi connectivity index (χ0v) is 15.7. The highest BCUT2D eigenvalue weighted by Crippen LogP contribution is 2.19. The minimum Gasteiger partial charge on any atom is -0.496 e. The number of amides is 1. The van der Waals surface area contributed by atoms with Crippen LogP contribution in [0.4, 0.5) is 14.5 Å². The molecule has 0 aliphatic carbocycles. The van der Waals surface area contributed by atoms with Crippen LogP contribution in [0.3, 0.4) is 0 Å². The van der Waals surface area contributed by atoms with E-state index in [1.807, 2.05) is 0 Å². The van der Waals surface area contributed by atoms with Gasteiger partial charge in [-0.15, -0.1) is 0 Å². The van der Waals surface area contributed by atoms with Crippen LogP contribution in [0.5, 0.6) is 5.75 Å². The molecule has 0 fully saturated rings. The van der Waals surface area contributed by atoms with E-state index in [-0.39, 0.29) is 12.2 Å². The third-order valence-corrected chi connectivity index (χ3v) is 5.07. The number of halogens is 2. The summed E-state index contributed by atoms with van der Waals surface area (Å²) in [6.45, 7) is -0.455. The largest absolute Gasteiger partial charge is 0.496 e. The van der Waals surface area contributed by atoms with Crippen LogP contribution < -0.4 is 10.1 Å². The minimum absolute atomic E-state index is 0.0402. The Morgan fingerprint density at radius 1 is 1.19 bits per heavy atom. The number of ether oxygens (including phenoxy) is 1. The molecule has 2 aromatic carbocycles. The molecule has 0 spiro atoms. The number of hydrogen-bond acceptors (Lipinski definition) is 4. The summed E-state index contributed by atoms with van der Waals surface area (Å²) >= 11 is 0. The Morgan fingerprint density at radius 3 is 2.52 bits per heavy atom. The maximum Gasteiger partial charge on any atom is 0.239 e. The van der Waals surface area contributed by atoms with Crippen LogP contribution in [0.25, 0.3) is 0 Å². The topological polar surface area (TPSA) is 75.7 Å². The molecule has 2 rings (SSSR count). The highest BCUT2D eigenvalue weighted by molar-refractivity contribution is 7.88. The number of nitrogens with one attached hydrogen (secondary N) is 1. The number of methoxy groups -OCH3 is 1. The highest BCUT2D eigenvalue weighted by atomic mass is 32.2. The van der Waals surface area contributed by atoms with Crippen molar-refractivity contribution in [2.45, 2.75) is 6.42 Å². The van der Waals surface area contributed by atoms with Gasteiger partial charge in [-0.25, -0.2) is 17.2 Å². The lowest BCUT2D eigenvalue weighted by Crippen LogP contribution is -2.38. The predicted molar refractivity (Wildman–Crippen MR) is 98.1 cm³/mol. The van der Waals surface area contributed by atoms with Gasteiger partial charge in [0.05, 0.1) is 25.6 Å². The molecule has 0 aliphatic heterocycles. The molecule has 0 aromatic heterocycles. The minimum atomic E-state index is -3.68. The summed E-state index contributed by atoms with van der Waals surface area (Å²) < 4.78 is 56.8. The van der Waals surface area contributed by atoms with Crippen molar-refractivity contribution in [1.29, 1.82) is 0 Å². The maximum absolute atomic E-state index is 13.6. The van der Waals surface area contributed by atoms with Crippen molar-refractivity contribution in [1.82, 2.24) is 4.31 Å². The normalized spacial score (nSPS) is 11.4. The van der Waals surface area contributed by atoms with Crippen molar-refractivity contribution in [2.24, 2.45) is 0 Å². The molecule has 0 bridgehead atoms. The lowest BCUT2D eigenvalue weighted by molar-refractivity contribution is -0.116. The van der Waals surface area contributed by atoms with Gasteiger partial charge in [-0.1, -0.05) is 18.2 Å². The molecule has 0 saturated carbocycles. The first-order chi connectivity index (χ1) is 12.7. The SMILES string of the molecule is COc1ccccc1CCN(CC(=O)Nc1ccc(F)cc1F)S(C)(=O)=O. The number of carbonyl (C=O) groups is 1. The Morgan fingerprint density at radius 2 is 1.89 bits per heavy atom. The second-order valence-corrected chi connectivity index (χ2v) is 7.81. The van der Waals surface area contributed by atoms with Gasteiger partial charge in [-0.05, 0) is 30.2 Å². The monoisotopic (exact) mass is 398 g/mol. The Labute approximate surface area is 156 Å². The summed E-state index contributed by atoms with van der Waals surface area (Å²) in [6, 6.07) is 9.84. The molecule has 0 atom stereocenters. The molecule has 1 amide bonds. The van der Waals surface area contributed by atoms with Crippen LogP contribution in [0.1, 0.15) is 5.56 Å². The summed E-state index contributed by atoms with van der Waals surface area (Å²) in [4.78, 5) is 12.1. The fourth-order valence-electron chi connectivity index (χ4n) is 2.46. The van der Waals surface area contributed by atoms with E-state index in [2.05, 4.69) is 5.32 Å². The van der Waals surface area contributed by atoms with Gasteiger partial charge in [-0.3, -0.25) is 4.79 Å². The number of para-hydroxylation sites is 1. The zero-order chi connectivity index (χ0) is 20.0. The Hall–Kier alpha value is -2.52. The molecule has 6 nitrogen and oxygen atoms in total. The smallest absolute Gasteiger partial charge is 0.239 e. The van der Waals surface area contributed by atoms with Crippen LogP contribution >= 0.6 is 0 Å². The number of hydrogen-bond donors (Lipinski definition) is 1. The number of sulfonamides is 1. The Balaban J connectivity index is 2.07. The average molecular weight is 398 g/mol. The summed E-state index contributed by atoms with van der Waals surface area (Å²) in [5.41, 5.74) is 0.568. The first-order valence-electron chi connectivity index (χ1n) is 8.02. The fourth-order valence-corrected chi connectivity index (χ4v) is 3.23. The van der Waals surface area contributed by atoms with Crippen molar-refractivity contribution in [3.05, 3.63) is 59.7 Å². The number of benzene rings is 2. The van der Waals surface area contributed by atoms with Crippen LogP contribution in [-0.2, 0) is 21.2 Å². The van der Waals surface area contributed by atoms with Crippen molar-refractivity contribution in [3.63, 3.8) is 0 Å². The molecule has 146 valence electrons. The van der Waals surface area contributed by atoms with Gasteiger partial charge in [0.1, 0.15) is 17.4 Å². The molecule has 0 saturated heterocycles. The van der Waals surface area contributed by atoms with Gasteiger partial charge in [0.25, 0.3) is 0 Å². The van der Waals surface area contributed by atoms with Crippen LogP contribution in [0.2, 0.25) is 0 Å². The van der Waals surface area contributed by atoms with Gasteiger partial charge in [0.15, 0.2) is 0 Å². The first kappa shape index (κ1) is 20.8. The molecule has 2 aromatic rings. The third-order valence-electron chi connectivity index (χ3n) is 3.82. The fraction of sp³-hybridized carbons (Fsp3) is 0.278. The molecule has 1 N–H and O–H groups in total. The second kappa shape index (κ2) is 8.92. The summed E-state index contributed by atoms with van der Waals surface area (Å²) in [7, 11) is -2.17. The number of anilines is 1. The van der Waals surface area contributed by atoms with E-state index >= 15 is 0 Å². The highest BCUT2D eigenvalue weighted by Gasteiger charge is 2.21. The third kappa shape index (κ3) is 6.00. The van der Waals surface area contributed by atoms with Crippen molar-refractivity contribution >= 4 is 21.6 Å². The van der Waals surface area contributed by atoms with E-state index in [0.29, 0.717) is 18.2 Å². The summed E-state index contributed by atoms with van der Waals surface area (Å²) in [6.07, 6.45) is 1.32. The molecular formula is C18H20F2N2O4S. The van der Waals surface area contributed by atoms with Crippen LogP contribution in [0, 0.1) is 11.6 Å².